The zero-order chi connectivity index (χ0) is 34.1. The van der Waals surface area contributed by atoms with E-state index >= 15 is 0 Å². The summed E-state index contributed by atoms with van der Waals surface area (Å²) in [5, 5.41) is 9.04. The zero-order valence-electron chi connectivity index (χ0n) is 28.1. The molecule has 1 aliphatic heterocycles. The molecule has 11 nitrogen and oxygen atoms in total. The number of aromatic nitrogens is 1. The summed E-state index contributed by atoms with van der Waals surface area (Å²) in [6.45, 7) is 5.76. The molecule has 3 N–H and O–H groups in total. The highest BCUT2D eigenvalue weighted by Gasteiger charge is 2.51. The molecule has 0 bridgehead atoms. The van der Waals surface area contributed by atoms with Gasteiger partial charge in [-0.3, -0.25) is 9.59 Å². The number of nitrogens with zero attached hydrogens (tertiary/aromatic N) is 3. The first-order valence-corrected chi connectivity index (χ1v) is 16.7. The van der Waals surface area contributed by atoms with Crippen LogP contribution in [0.3, 0.4) is 0 Å². The number of amides is 5. The van der Waals surface area contributed by atoms with Gasteiger partial charge in [0.1, 0.15) is 18.0 Å². The molecule has 2 aliphatic carbocycles. The number of carbonyl (C=O) groups excluding carboxylic acids is 4. The fraction of sp³-hybridized carbons (Fsp3) is 0.432. The van der Waals surface area contributed by atoms with E-state index in [9.17, 15) is 19.2 Å². The maximum absolute atomic E-state index is 13.6. The largest absolute Gasteiger partial charge is 0.444 e. The molecule has 1 aromatic heterocycles. The van der Waals surface area contributed by atoms with Crippen molar-refractivity contribution in [3.8, 4) is 0 Å². The SMILES string of the molecule is CN(Cc1ccccc1CN(CC(=O)Nc1ccc2c(c1)CC1(C2)C(=O)Nc2ncccc21)C(=O)NC1CCCC1)C(=O)OC(C)(C)C. The fourth-order valence-electron chi connectivity index (χ4n) is 6.99. The standard InChI is InChI=1S/C37H44N6O5/c1-36(2,3)48-35(47)42(4)21-25-10-5-6-11-26(25)22-43(34(46)40-28-12-7-8-13-28)23-31(44)39-29-16-15-24-19-37(20-27(24)18-29)30-14-9-17-38-32(30)41-33(37)45/h5-6,9-11,14-18,28H,7-8,12-13,19-23H2,1-4H3,(H,39,44)(H,40,46)(H,38,41,45). The van der Waals surface area contributed by atoms with Crippen molar-refractivity contribution in [2.24, 2.45) is 0 Å². The van der Waals surface area contributed by atoms with E-state index in [2.05, 4.69) is 20.9 Å². The summed E-state index contributed by atoms with van der Waals surface area (Å²) in [4.78, 5) is 60.3. The molecule has 252 valence electrons. The zero-order valence-corrected chi connectivity index (χ0v) is 28.1. The van der Waals surface area contributed by atoms with Crippen LogP contribution in [0.15, 0.2) is 60.8 Å². The molecular weight excluding hydrogens is 608 g/mol. The van der Waals surface area contributed by atoms with Gasteiger partial charge >= 0.3 is 12.1 Å². The lowest BCUT2D eigenvalue weighted by Crippen LogP contribution is -2.46. The Balaban J connectivity index is 1.16. The van der Waals surface area contributed by atoms with E-state index in [1.165, 1.54) is 9.80 Å². The summed E-state index contributed by atoms with van der Waals surface area (Å²) < 4.78 is 5.53. The smallest absolute Gasteiger partial charge is 0.410 e. The van der Waals surface area contributed by atoms with Gasteiger partial charge in [0, 0.05) is 43.6 Å². The molecule has 48 heavy (non-hydrogen) atoms. The van der Waals surface area contributed by atoms with Crippen LogP contribution in [0.25, 0.3) is 0 Å². The molecule has 2 heterocycles. The number of benzene rings is 2. The molecule has 1 unspecified atom stereocenters. The first-order chi connectivity index (χ1) is 22.9. The van der Waals surface area contributed by atoms with E-state index in [0.29, 0.717) is 24.3 Å². The number of urea groups is 1. The minimum absolute atomic E-state index is 0.0560. The Morgan fingerprint density at radius 1 is 0.979 bits per heavy atom. The highest BCUT2D eigenvalue weighted by molar-refractivity contribution is 6.06. The molecule has 1 spiro atoms. The van der Waals surface area contributed by atoms with Gasteiger partial charge in [-0.25, -0.2) is 14.6 Å². The van der Waals surface area contributed by atoms with Crippen molar-refractivity contribution >= 4 is 35.4 Å². The molecule has 1 atom stereocenters. The van der Waals surface area contributed by atoms with Crippen molar-refractivity contribution in [2.75, 3.05) is 24.2 Å². The number of hydrogen-bond donors (Lipinski definition) is 3. The molecule has 1 saturated carbocycles. The van der Waals surface area contributed by atoms with Crippen LogP contribution >= 0.6 is 0 Å². The predicted octanol–water partition coefficient (Wildman–Crippen LogP) is 5.53. The Morgan fingerprint density at radius 3 is 2.42 bits per heavy atom. The van der Waals surface area contributed by atoms with Gasteiger partial charge in [0.25, 0.3) is 0 Å². The molecule has 0 radical (unpaired) electrons. The number of ether oxygens (including phenoxy) is 1. The maximum Gasteiger partial charge on any atom is 0.410 e. The predicted molar refractivity (Wildman–Crippen MR) is 182 cm³/mol. The van der Waals surface area contributed by atoms with Crippen molar-refractivity contribution in [3.05, 3.63) is 88.6 Å². The summed E-state index contributed by atoms with van der Waals surface area (Å²) in [6, 6.07) is 16.9. The maximum atomic E-state index is 13.6. The molecule has 5 amide bonds. The Hall–Kier alpha value is -4.93. The number of pyridine rings is 1. The molecule has 2 aromatic carbocycles. The molecule has 1 fully saturated rings. The number of anilines is 2. The summed E-state index contributed by atoms with van der Waals surface area (Å²) >= 11 is 0. The number of rotatable bonds is 8. The second kappa shape index (κ2) is 13.3. The topological polar surface area (TPSA) is 133 Å². The minimum atomic E-state index is -0.700. The van der Waals surface area contributed by atoms with Crippen LogP contribution in [0.4, 0.5) is 21.1 Å². The molecule has 0 saturated heterocycles. The summed E-state index contributed by atoms with van der Waals surface area (Å²) in [5.74, 6) is 0.220. The van der Waals surface area contributed by atoms with Crippen LogP contribution < -0.4 is 16.0 Å². The summed E-state index contributed by atoms with van der Waals surface area (Å²) in [6.07, 6.45) is 6.27. The van der Waals surface area contributed by atoms with Crippen molar-refractivity contribution in [3.63, 3.8) is 0 Å². The van der Waals surface area contributed by atoms with Gasteiger partial charge in [-0.05, 0) is 86.9 Å². The quantitative estimate of drug-likeness (QED) is 0.293. The van der Waals surface area contributed by atoms with E-state index in [4.69, 9.17) is 4.74 Å². The van der Waals surface area contributed by atoms with Crippen LogP contribution in [-0.4, -0.2) is 64.0 Å². The first-order valence-electron chi connectivity index (χ1n) is 16.7. The third-order valence-corrected chi connectivity index (χ3v) is 9.36. The highest BCUT2D eigenvalue weighted by Crippen LogP contribution is 2.47. The van der Waals surface area contributed by atoms with Gasteiger partial charge in [-0.1, -0.05) is 49.2 Å². The van der Waals surface area contributed by atoms with Crippen LogP contribution in [0.1, 0.15) is 74.3 Å². The Kier molecular flexibility index (Phi) is 9.13. The van der Waals surface area contributed by atoms with Crippen LogP contribution in [0.2, 0.25) is 0 Å². The Morgan fingerprint density at radius 2 is 1.69 bits per heavy atom. The molecular formula is C37H44N6O5. The number of fused-ring (bicyclic) bond motifs is 3. The third kappa shape index (κ3) is 7.14. The second-order valence-electron chi connectivity index (χ2n) is 14.2. The van der Waals surface area contributed by atoms with Crippen molar-refractivity contribution in [2.45, 2.75) is 89.4 Å². The fourth-order valence-corrected chi connectivity index (χ4v) is 6.99. The average molecular weight is 653 g/mol. The van der Waals surface area contributed by atoms with E-state index in [1.54, 1.807) is 13.2 Å². The van der Waals surface area contributed by atoms with Gasteiger partial charge in [-0.15, -0.1) is 0 Å². The Bertz CT molecular complexity index is 1730. The number of carbonyl (C=O) groups is 4. The van der Waals surface area contributed by atoms with E-state index < -0.39 is 17.1 Å². The third-order valence-electron chi connectivity index (χ3n) is 9.36. The van der Waals surface area contributed by atoms with E-state index in [1.807, 2.05) is 75.4 Å². The van der Waals surface area contributed by atoms with Gasteiger partial charge in [0.2, 0.25) is 11.8 Å². The van der Waals surface area contributed by atoms with Gasteiger partial charge in [0.15, 0.2) is 0 Å². The van der Waals surface area contributed by atoms with Crippen LogP contribution in [0, 0.1) is 0 Å². The average Bonchev–Trinajstić information content (AvgIpc) is 3.75. The minimum Gasteiger partial charge on any atom is -0.444 e. The van der Waals surface area contributed by atoms with Crippen LogP contribution in [-0.2, 0) is 45.7 Å². The van der Waals surface area contributed by atoms with E-state index in [0.717, 1.165) is 53.5 Å². The lowest BCUT2D eigenvalue weighted by molar-refractivity contribution is -0.120. The van der Waals surface area contributed by atoms with Crippen molar-refractivity contribution in [1.82, 2.24) is 20.1 Å². The van der Waals surface area contributed by atoms with E-state index in [-0.39, 0.29) is 43.5 Å². The second-order valence-corrected chi connectivity index (χ2v) is 14.2. The molecule has 3 aliphatic rings. The highest BCUT2D eigenvalue weighted by atomic mass is 16.6. The van der Waals surface area contributed by atoms with Gasteiger partial charge in [-0.2, -0.15) is 0 Å². The number of hydrogen-bond acceptors (Lipinski definition) is 6. The first kappa shape index (κ1) is 33.0. The normalized spacial score (nSPS) is 18.2. The van der Waals surface area contributed by atoms with Crippen molar-refractivity contribution in [1.29, 1.82) is 0 Å². The lowest BCUT2D eigenvalue weighted by atomic mass is 9.79. The summed E-state index contributed by atoms with van der Waals surface area (Å²) in [5.41, 5.74) is 3.93. The molecule has 6 rings (SSSR count). The van der Waals surface area contributed by atoms with Gasteiger partial charge in [0.05, 0.1) is 5.41 Å². The monoisotopic (exact) mass is 652 g/mol. The summed E-state index contributed by atoms with van der Waals surface area (Å²) in [7, 11) is 1.68. The van der Waals surface area contributed by atoms with Gasteiger partial charge < -0.3 is 30.5 Å². The molecule has 3 aromatic rings. The molecule has 11 heteroatoms. The lowest BCUT2D eigenvalue weighted by Gasteiger charge is -2.27. The van der Waals surface area contributed by atoms with Crippen molar-refractivity contribution < 1.29 is 23.9 Å². The Labute approximate surface area is 281 Å². The van der Waals surface area contributed by atoms with Crippen LogP contribution in [0.5, 0.6) is 0 Å². The number of nitrogens with one attached hydrogen (secondary N) is 3.